The van der Waals surface area contributed by atoms with E-state index in [0.717, 1.165) is 18.5 Å². The molecule has 1 amide bonds. The fourth-order valence-corrected chi connectivity index (χ4v) is 2.06. The van der Waals surface area contributed by atoms with Crippen LogP contribution in [0.5, 0.6) is 11.5 Å². The van der Waals surface area contributed by atoms with E-state index in [1.807, 2.05) is 18.2 Å². The molecule has 0 bridgehead atoms. The molecule has 1 fully saturated rings. The van der Waals surface area contributed by atoms with Crippen molar-refractivity contribution in [2.75, 3.05) is 27.3 Å². The normalized spacial score (nSPS) is 19.9. The first-order chi connectivity index (χ1) is 8.76. The van der Waals surface area contributed by atoms with E-state index in [1.54, 1.807) is 14.2 Å². The Morgan fingerprint density at radius 3 is 2.78 bits per heavy atom. The Hall–Kier alpha value is -1.75. The van der Waals surface area contributed by atoms with Crippen LogP contribution in [0.25, 0.3) is 0 Å². The molecule has 1 aliphatic rings. The summed E-state index contributed by atoms with van der Waals surface area (Å²) in [6.07, 6.45) is 0.925. The van der Waals surface area contributed by atoms with Crippen LogP contribution in [0.2, 0.25) is 0 Å². The van der Waals surface area contributed by atoms with Gasteiger partial charge in [0, 0.05) is 12.1 Å². The smallest absolute Gasteiger partial charge is 0.241 e. The number of hydrogen-bond donors (Lipinski definition) is 2. The minimum Gasteiger partial charge on any atom is -0.497 e. The fraction of sp³-hybridized carbons (Fsp3) is 0.462. The van der Waals surface area contributed by atoms with Crippen LogP contribution in [-0.4, -0.2) is 33.2 Å². The van der Waals surface area contributed by atoms with Gasteiger partial charge in [0.2, 0.25) is 5.91 Å². The van der Waals surface area contributed by atoms with Crippen LogP contribution in [0.15, 0.2) is 18.2 Å². The molecule has 1 aliphatic heterocycles. The van der Waals surface area contributed by atoms with Crippen molar-refractivity contribution in [3.8, 4) is 11.5 Å². The lowest BCUT2D eigenvalue weighted by molar-refractivity contribution is -0.122. The Morgan fingerprint density at radius 2 is 2.06 bits per heavy atom. The molecule has 1 saturated heterocycles. The molecule has 18 heavy (non-hydrogen) atoms. The lowest BCUT2D eigenvalue weighted by atomic mass is 10.0. The molecule has 1 heterocycles. The number of carbonyl (C=O) groups is 1. The fourth-order valence-electron chi connectivity index (χ4n) is 2.06. The molecule has 1 aromatic rings. The maximum absolute atomic E-state index is 12.0. The van der Waals surface area contributed by atoms with E-state index in [4.69, 9.17) is 9.47 Å². The van der Waals surface area contributed by atoms with E-state index in [9.17, 15) is 4.79 Å². The van der Waals surface area contributed by atoms with Gasteiger partial charge in [-0.2, -0.15) is 0 Å². The summed E-state index contributed by atoms with van der Waals surface area (Å²) in [5.74, 6) is 1.37. The summed E-state index contributed by atoms with van der Waals surface area (Å²) in [5, 5.41) is 6.11. The van der Waals surface area contributed by atoms with Crippen LogP contribution in [-0.2, 0) is 4.79 Å². The molecule has 0 radical (unpaired) electrons. The Morgan fingerprint density at radius 1 is 1.22 bits per heavy atom. The minimum absolute atomic E-state index is 0.0287. The molecule has 2 rings (SSSR count). The topological polar surface area (TPSA) is 59.6 Å². The molecule has 5 nitrogen and oxygen atoms in total. The zero-order chi connectivity index (χ0) is 13.0. The first-order valence-corrected chi connectivity index (χ1v) is 5.99. The van der Waals surface area contributed by atoms with E-state index < -0.39 is 6.04 Å². The van der Waals surface area contributed by atoms with Crippen molar-refractivity contribution in [2.24, 2.45) is 0 Å². The maximum atomic E-state index is 12.0. The zero-order valence-corrected chi connectivity index (χ0v) is 10.7. The molecular formula is C13H18N2O3. The maximum Gasteiger partial charge on any atom is 0.241 e. The summed E-state index contributed by atoms with van der Waals surface area (Å²) in [6, 6.07) is 5.07. The van der Waals surface area contributed by atoms with Gasteiger partial charge >= 0.3 is 0 Å². The number of carbonyl (C=O) groups excluding carboxylic acids is 1. The molecule has 0 aromatic heterocycles. The van der Waals surface area contributed by atoms with E-state index in [1.165, 1.54) is 0 Å². The quantitative estimate of drug-likeness (QED) is 0.835. The van der Waals surface area contributed by atoms with Crippen molar-refractivity contribution in [1.82, 2.24) is 10.6 Å². The van der Waals surface area contributed by atoms with E-state index in [2.05, 4.69) is 10.6 Å². The highest BCUT2D eigenvalue weighted by atomic mass is 16.5. The first kappa shape index (κ1) is 12.7. The molecule has 98 valence electrons. The number of methoxy groups -OCH3 is 2. The highest BCUT2D eigenvalue weighted by molar-refractivity contribution is 5.84. The zero-order valence-electron chi connectivity index (χ0n) is 10.7. The Balaban J connectivity index is 2.36. The number of nitrogens with one attached hydrogen (secondary N) is 2. The monoisotopic (exact) mass is 250 g/mol. The molecule has 1 unspecified atom stereocenters. The number of rotatable bonds is 3. The lowest BCUT2D eigenvalue weighted by Crippen LogP contribution is -2.34. The molecule has 1 aromatic carbocycles. The van der Waals surface area contributed by atoms with Gasteiger partial charge in [0.05, 0.1) is 14.2 Å². The molecule has 0 saturated carbocycles. The van der Waals surface area contributed by atoms with Crippen molar-refractivity contribution < 1.29 is 14.3 Å². The second-order valence-corrected chi connectivity index (χ2v) is 4.14. The molecule has 1 atom stereocenters. The van der Waals surface area contributed by atoms with E-state index in [0.29, 0.717) is 18.0 Å². The molecular weight excluding hydrogens is 232 g/mol. The highest BCUT2D eigenvalue weighted by Gasteiger charge is 2.25. The largest absolute Gasteiger partial charge is 0.497 e. The van der Waals surface area contributed by atoms with Gasteiger partial charge in [-0.15, -0.1) is 0 Å². The standard InChI is InChI=1S/C13H18N2O3/c1-17-9-4-5-11(18-2)10(8-9)12-13(16)15-7-3-6-14-12/h4-5,8,12,14H,3,6-7H2,1-2H3,(H,15,16). The summed E-state index contributed by atoms with van der Waals surface area (Å²) in [6.45, 7) is 1.50. The van der Waals surface area contributed by atoms with Crippen LogP contribution in [0.4, 0.5) is 0 Å². The Bertz CT molecular complexity index is 434. The molecule has 0 spiro atoms. The van der Waals surface area contributed by atoms with Crippen LogP contribution < -0.4 is 20.1 Å². The second-order valence-electron chi connectivity index (χ2n) is 4.14. The molecule has 0 aliphatic carbocycles. The summed E-state index contributed by atoms with van der Waals surface area (Å²) < 4.78 is 10.5. The third kappa shape index (κ3) is 2.56. The number of benzene rings is 1. The van der Waals surface area contributed by atoms with Gasteiger partial charge in [-0.25, -0.2) is 0 Å². The average molecular weight is 250 g/mol. The lowest BCUT2D eigenvalue weighted by Gasteiger charge is -2.18. The van der Waals surface area contributed by atoms with Gasteiger partial charge in [0.15, 0.2) is 0 Å². The van der Waals surface area contributed by atoms with Gasteiger partial charge in [0.1, 0.15) is 17.5 Å². The molecule has 5 heteroatoms. The van der Waals surface area contributed by atoms with Gasteiger partial charge in [-0.05, 0) is 31.2 Å². The summed E-state index contributed by atoms with van der Waals surface area (Å²) >= 11 is 0. The number of hydrogen-bond acceptors (Lipinski definition) is 4. The van der Waals surface area contributed by atoms with Gasteiger partial charge in [0.25, 0.3) is 0 Å². The van der Waals surface area contributed by atoms with Crippen molar-refractivity contribution in [3.63, 3.8) is 0 Å². The third-order valence-corrected chi connectivity index (χ3v) is 3.01. The summed E-state index contributed by atoms with van der Waals surface area (Å²) in [4.78, 5) is 12.0. The summed E-state index contributed by atoms with van der Waals surface area (Å²) in [5.41, 5.74) is 0.802. The van der Waals surface area contributed by atoms with Crippen molar-refractivity contribution in [2.45, 2.75) is 12.5 Å². The first-order valence-electron chi connectivity index (χ1n) is 5.99. The number of amides is 1. The van der Waals surface area contributed by atoms with Crippen LogP contribution in [0, 0.1) is 0 Å². The van der Waals surface area contributed by atoms with Gasteiger partial charge < -0.3 is 20.1 Å². The van der Waals surface area contributed by atoms with E-state index >= 15 is 0 Å². The highest BCUT2D eigenvalue weighted by Crippen LogP contribution is 2.29. The van der Waals surface area contributed by atoms with Crippen LogP contribution in [0.3, 0.4) is 0 Å². The van der Waals surface area contributed by atoms with Gasteiger partial charge in [-0.1, -0.05) is 0 Å². The van der Waals surface area contributed by atoms with Crippen LogP contribution in [0.1, 0.15) is 18.0 Å². The molecule has 2 N–H and O–H groups in total. The minimum atomic E-state index is -0.391. The van der Waals surface area contributed by atoms with Gasteiger partial charge in [-0.3, -0.25) is 4.79 Å². The average Bonchev–Trinajstić information content (AvgIpc) is 2.62. The van der Waals surface area contributed by atoms with Crippen molar-refractivity contribution in [1.29, 1.82) is 0 Å². The number of ether oxygens (including phenoxy) is 2. The third-order valence-electron chi connectivity index (χ3n) is 3.01. The summed E-state index contributed by atoms with van der Waals surface area (Å²) in [7, 11) is 3.20. The SMILES string of the molecule is COc1ccc(OC)c(C2NCCCNC2=O)c1. The Kier molecular flexibility index (Phi) is 4.04. The van der Waals surface area contributed by atoms with Crippen LogP contribution >= 0.6 is 0 Å². The van der Waals surface area contributed by atoms with E-state index in [-0.39, 0.29) is 5.91 Å². The second kappa shape index (κ2) is 5.73. The predicted octanol–water partition coefficient (Wildman–Crippen LogP) is 0.854. The Labute approximate surface area is 106 Å². The van der Waals surface area contributed by atoms with Crippen molar-refractivity contribution in [3.05, 3.63) is 23.8 Å². The van der Waals surface area contributed by atoms with Crippen molar-refractivity contribution >= 4 is 5.91 Å². The predicted molar refractivity (Wildman–Crippen MR) is 67.9 cm³/mol.